The van der Waals surface area contributed by atoms with Gasteiger partial charge in [-0.05, 0) is 41.5 Å². The average Bonchev–Trinajstić information content (AvgIpc) is 2.92. The third kappa shape index (κ3) is 55.6. The molecule has 45 heavy (non-hydrogen) atoms. The van der Waals surface area contributed by atoms with E-state index in [-0.39, 0.29) is 33.4 Å². The smallest absolute Gasteiger partial charge is 0.330 e. The summed E-state index contributed by atoms with van der Waals surface area (Å²) in [7, 11) is 0. The number of hydrogen-bond acceptors (Lipinski definition) is 10. The van der Waals surface area contributed by atoms with Gasteiger partial charge in [-0.3, -0.25) is 0 Å². The third-order valence-corrected chi connectivity index (χ3v) is 3.53. The zero-order chi connectivity index (χ0) is 38.3. The van der Waals surface area contributed by atoms with Crippen molar-refractivity contribution < 1.29 is 79.8 Å². The van der Waals surface area contributed by atoms with Gasteiger partial charge < -0.3 is 51.1 Å². The highest BCUT2D eigenvalue weighted by molar-refractivity contribution is 5.86. The van der Waals surface area contributed by atoms with Gasteiger partial charge in [0, 0.05) is 33.4 Å². The van der Waals surface area contributed by atoms with E-state index < -0.39 is 67.7 Å². The molecular formula is C29H48O16. The lowest BCUT2D eigenvalue weighted by atomic mass is 9.93. The molecule has 0 aromatic heterocycles. The van der Waals surface area contributed by atoms with Crippen molar-refractivity contribution in [2.45, 2.75) is 41.5 Å². The summed E-state index contributed by atoms with van der Waals surface area (Å²) in [6.07, 6.45) is 0. The average molecular weight is 653 g/mol. The van der Waals surface area contributed by atoms with E-state index in [9.17, 15) is 28.8 Å². The van der Waals surface area contributed by atoms with E-state index in [4.69, 9.17) is 51.1 Å². The Hall–Kier alpha value is -4.90. The van der Waals surface area contributed by atoms with Crippen molar-refractivity contribution in [3.05, 3.63) is 72.9 Å². The fourth-order valence-electron chi connectivity index (χ4n) is 0.300. The lowest BCUT2D eigenvalue weighted by Crippen LogP contribution is -2.37. The molecule has 0 fully saturated rings. The van der Waals surface area contributed by atoms with Crippen LogP contribution in [-0.4, -0.2) is 113 Å². The molecule has 0 heterocycles. The Morgan fingerprint density at radius 3 is 0.422 bits per heavy atom. The van der Waals surface area contributed by atoms with Gasteiger partial charge in [-0.25, -0.2) is 28.8 Å². The molecule has 0 aromatic rings. The van der Waals surface area contributed by atoms with E-state index in [1.807, 2.05) is 0 Å². The van der Waals surface area contributed by atoms with Gasteiger partial charge in [0.25, 0.3) is 0 Å². The summed E-state index contributed by atoms with van der Waals surface area (Å²) in [6, 6.07) is 0. The number of carboxylic acids is 6. The fraction of sp³-hybridized carbons (Fsp3) is 0.379. The van der Waals surface area contributed by atoms with Gasteiger partial charge in [0.15, 0.2) is 0 Å². The van der Waals surface area contributed by atoms with Crippen molar-refractivity contribution in [3.63, 3.8) is 0 Å². The van der Waals surface area contributed by atoms with E-state index in [1.165, 1.54) is 41.5 Å². The predicted molar refractivity (Wildman–Crippen MR) is 165 cm³/mol. The van der Waals surface area contributed by atoms with Crippen LogP contribution in [0.25, 0.3) is 0 Å². The van der Waals surface area contributed by atoms with Crippen LogP contribution in [0.5, 0.6) is 0 Å². The molecule has 0 spiro atoms. The number of hydrogen-bond donors (Lipinski definition) is 10. The van der Waals surface area contributed by atoms with Gasteiger partial charge in [0.2, 0.25) is 0 Å². The van der Waals surface area contributed by atoms with Crippen LogP contribution in [0.2, 0.25) is 0 Å². The Labute approximate surface area is 262 Å². The van der Waals surface area contributed by atoms with Crippen molar-refractivity contribution in [1.29, 1.82) is 0 Å². The van der Waals surface area contributed by atoms with E-state index in [0.29, 0.717) is 0 Å². The normalized spacial score (nSPS) is 8.40. The molecule has 0 unspecified atom stereocenters. The Morgan fingerprint density at radius 1 is 0.356 bits per heavy atom. The summed E-state index contributed by atoms with van der Waals surface area (Å²) < 4.78 is 0. The maximum absolute atomic E-state index is 9.60. The minimum absolute atomic E-state index is 0.176. The van der Waals surface area contributed by atoms with Gasteiger partial charge in [-0.2, -0.15) is 0 Å². The maximum atomic E-state index is 9.60. The molecular weight excluding hydrogens is 604 g/mol. The number of aliphatic hydroxyl groups excluding tert-OH is 4. The number of aliphatic carboxylic acids is 6. The van der Waals surface area contributed by atoms with Crippen LogP contribution in [-0.2, 0) is 28.8 Å². The maximum Gasteiger partial charge on any atom is 0.330 e. The summed E-state index contributed by atoms with van der Waals surface area (Å²) in [5.74, 6) is -5.61. The second kappa shape index (κ2) is 33.6. The molecule has 0 rings (SSSR count). The van der Waals surface area contributed by atoms with Gasteiger partial charge in [-0.15, -0.1) is 0 Å². The van der Waals surface area contributed by atoms with Crippen LogP contribution in [0, 0.1) is 5.41 Å². The Bertz CT molecular complexity index is 755. The standard InChI is InChI=1S/C5H12O4.6C4H6O2/c6-1-5(2-7,3-8)4-9;6*1-3(2)4(5)6/h6-9H,1-4H2;6*1H2,2H3,(H,5,6). The molecule has 16 heteroatoms. The summed E-state index contributed by atoms with van der Waals surface area (Å²) >= 11 is 0. The first kappa shape index (κ1) is 56.0. The predicted octanol–water partition coefficient (Wildman–Crippen LogP) is 1.82. The van der Waals surface area contributed by atoms with Crippen LogP contribution in [0.1, 0.15) is 41.5 Å². The number of aliphatic hydroxyl groups is 4. The molecule has 0 atom stereocenters. The third-order valence-electron chi connectivity index (χ3n) is 3.53. The molecule has 0 radical (unpaired) electrons. The van der Waals surface area contributed by atoms with Crippen molar-refractivity contribution >= 4 is 35.8 Å². The summed E-state index contributed by atoms with van der Waals surface area (Å²) in [6.45, 7) is 26.0. The summed E-state index contributed by atoms with van der Waals surface area (Å²) in [4.78, 5) is 57.6. The van der Waals surface area contributed by atoms with Crippen molar-refractivity contribution in [1.82, 2.24) is 0 Å². The number of rotatable bonds is 10. The zero-order valence-electron chi connectivity index (χ0n) is 26.5. The number of carboxylic acid groups (broad SMARTS) is 6. The van der Waals surface area contributed by atoms with Crippen LogP contribution < -0.4 is 0 Å². The van der Waals surface area contributed by atoms with Crippen LogP contribution in [0.3, 0.4) is 0 Å². The summed E-state index contributed by atoms with van der Waals surface area (Å²) in [5.41, 5.74) is -0.0556. The van der Waals surface area contributed by atoms with E-state index in [0.717, 1.165) is 0 Å². The lowest BCUT2D eigenvalue weighted by Gasteiger charge is -2.23. The fourth-order valence-corrected chi connectivity index (χ4v) is 0.300. The Balaban J connectivity index is -0.0000000754. The minimum Gasteiger partial charge on any atom is -0.478 e. The second-order valence-corrected chi connectivity index (χ2v) is 8.65. The van der Waals surface area contributed by atoms with Gasteiger partial charge >= 0.3 is 35.8 Å². The van der Waals surface area contributed by atoms with Gasteiger partial charge in [-0.1, -0.05) is 39.5 Å². The van der Waals surface area contributed by atoms with Gasteiger partial charge in [0.1, 0.15) is 0 Å². The van der Waals surface area contributed by atoms with E-state index in [2.05, 4.69) is 39.5 Å². The molecule has 10 N–H and O–H groups in total. The Morgan fingerprint density at radius 2 is 0.422 bits per heavy atom. The van der Waals surface area contributed by atoms with Crippen LogP contribution in [0.4, 0.5) is 0 Å². The molecule has 0 aromatic carbocycles. The number of carbonyl (C=O) groups is 6. The molecule has 0 aliphatic heterocycles. The van der Waals surface area contributed by atoms with Crippen LogP contribution >= 0.6 is 0 Å². The first-order valence-corrected chi connectivity index (χ1v) is 11.9. The lowest BCUT2D eigenvalue weighted by molar-refractivity contribution is -0.133. The highest BCUT2D eigenvalue weighted by Crippen LogP contribution is 2.11. The SMILES string of the molecule is C=C(C)C(=O)O.C=C(C)C(=O)O.C=C(C)C(=O)O.C=C(C)C(=O)O.C=C(C)C(=O)O.C=C(C)C(=O)O.OCC(CO)(CO)CO. The zero-order valence-corrected chi connectivity index (χ0v) is 26.5. The van der Waals surface area contributed by atoms with Crippen molar-refractivity contribution in [2.24, 2.45) is 5.41 Å². The molecule has 0 saturated heterocycles. The summed E-state index contributed by atoms with van der Waals surface area (Å²) in [5, 5.41) is 81.3. The molecule has 0 saturated carbocycles. The molecule has 0 aliphatic rings. The first-order valence-electron chi connectivity index (χ1n) is 11.9. The van der Waals surface area contributed by atoms with Crippen LogP contribution in [0.15, 0.2) is 72.9 Å². The minimum atomic E-state index is -1.11. The molecule has 260 valence electrons. The molecule has 0 bridgehead atoms. The van der Waals surface area contributed by atoms with Crippen molar-refractivity contribution in [3.8, 4) is 0 Å². The second-order valence-electron chi connectivity index (χ2n) is 8.65. The van der Waals surface area contributed by atoms with E-state index >= 15 is 0 Å². The first-order chi connectivity index (χ1) is 20.1. The highest BCUT2D eigenvalue weighted by atomic mass is 16.4. The highest BCUT2D eigenvalue weighted by Gasteiger charge is 2.26. The molecule has 0 amide bonds. The topological polar surface area (TPSA) is 305 Å². The quantitative estimate of drug-likeness (QED) is 0.150. The van der Waals surface area contributed by atoms with Gasteiger partial charge in [0.05, 0.1) is 31.8 Å². The van der Waals surface area contributed by atoms with Crippen molar-refractivity contribution in [2.75, 3.05) is 26.4 Å². The monoisotopic (exact) mass is 652 g/mol. The largest absolute Gasteiger partial charge is 0.478 e. The molecule has 16 nitrogen and oxygen atoms in total. The Kier molecular flexibility index (Phi) is 41.8. The molecule has 0 aliphatic carbocycles. The van der Waals surface area contributed by atoms with E-state index in [1.54, 1.807) is 0 Å².